The number of aromatic nitrogens is 1. The summed E-state index contributed by atoms with van der Waals surface area (Å²) in [5.74, 6) is 0.0554. The largest absolute Gasteiger partial charge is 0.360 e. The molecule has 0 saturated carbocycles. The molecule has 0 spiro atoms. The molecular weight excluding hydrogens is 358 g/mol. The summed E-state index contributed by atoms with van der Waals surface area (Å²) in [5, 5.41) is 6.12. The van der Waals surface area contributed by atoms with E-state index in [1.807, 2.05) is 36.2 Å². The minimum Gasteiger partial charge on any atom is -0.360 e. The Kier molecular flexibility index (Phi) is 3.12. The zero-order chi connectivity index (χ0) is 19.9. The van der Waals surface area contributed by atoms with Crippen molar-refractivity contribution in [2.24, 2.45) is 0 Å². The van der Waals surface area contributed by atoms with Crippen LogP contribution in [0.15, 0.2) is 48.7 Å². The standard InChI is InChI=1S/C25H21N3O/c1-13-7-6-10-19-20(13)25(29)28-12-11-16-14(2)23-21(15(3)22(16)24(28)27-19)17-8-4-5-9-18(17)26-23/h4-12,24,26-27H,1-3H3. The average Bonchev–Trinajstić information content (AvgIpc) is 3.11. The predicted molar refractivity (Wildman–Crippen MR) is 118 cm³/mol. The topological polar surface area (TPSA) is 48.1 Å². The molecule has 29 heavy (non-hydrogen) atoms. The first-order chi connectivity index (χ1) is 14.1. The number of fused-ring (bicyclic) bond motifs is 7. The van der Waals surface area contributed by atoms with Gasteiger partial charge in [0.2, 0.25) is 0 Å². The molecule has 1 unspecified atom stereocenters. The van der Waals surface area contributed by atoms with Crippen LogP contribution in [0.1, 0.15) is 44.3 Å². The number of aryl methyl sites for hydroxylation is 3. The number of H-pyrrole nitrogens is 1. The van der Waals surface area contributed by atoms with Gasteiger partial charge in [-0.1, -0.05) is 30.3 Å². The molecule has 0 radical (unpaired) electrons. The van der Waals surface area contributed by atoms with Gasteiger partial charge in [-0.15, -0.1) is 0 Å². The lowest BCUT2D eigenvalue weighted by Gasteiger charge is -2.40. The number of rotatable bonds is 0. The third kappa shape index (κ3) is 2.01. The molecule has 4 nitrogen and oxygen atoms in total. The molecule has 6 rings (SSSR count). The van der Waals surface area contributed by atoms with Crippen molar-refractivity contribution in [3.63, 3.8) is 0 Å². The van der Waals surface area contributed by atoms with E-state index in [9.17, 15) is 4.79 Å². The monoisotopic (exact) mass is 379 g/mol. The highest BCUT2D eigenvalue weighted by molar-refractivity contribution is 6.12. The highest BCUT2D eigenvalue weighted by Crippen LogP contribution is 2.44. The summed E-state index contributed by atoms with van der Waals surface area (Å²) in [6, 6.07) is 14.4. The fourth-order valence-corrected chi connectivity index (χ4v) is 5.11. The Morgan fingerprint density at radius 3 is 2.66 bits per heavy atom. The Balaban J connectivity index is 1.67. The molecular formula is C25H21N3O. The van der Waals surface area contributed by atoms with Gasteiger partial charge in [0.15, 0.2) is 0 Å². The van der Waals surface area contributed by atoms with Crippen molar-refractivity contribution in [3.05, 3.63) is 82.0 Å². The number of amides is 1. The van der Waals surface area contributed by atoms with Crippen LogP contribution in [-0.2, 0) is 0 Å². The molecule has 3 aromatic carbocycles. The van der Waals surface area contributed by atoms with E-state index >= 15 is 0 Å². The lowest BCUT2D eigenvalue weighted by Crippen LogP contribution is -2.42. The van der Waals surface area contributed by atoms with Gasteiger partial charge >= 0.3 is 0 Å². The lowest BCUT2D eigenvalue weighted by atomic mass is 9.87. The summed E-state index contributed by atoms with van der Waals surface area (Å²) in [6.45, 7) is 6.33. The van der Waals surface area contributed by atoms with Crippen LogP contribution in [0.2, 0.25) is 0 Å². The Hall–Kier alpha value is -3.53. The van der Waals surface area contributed by atoms with Crippen molar-refractivity contribution in [1.29, 1.82) is 0 Å². The number of carbonyl (C=O) groups excluding carboxylic acids is 1. The van der Waals surface area contributed by atoms with Crippen LogP contribution in [0, 0.1) is 20.8 Å². The van der Waals surface area contributed by atoms with E-state index in [2.05, 4.69) is 54.5 Å². The van der Waals surface area contributed by atoms with E-state index < -0.39 is 0 Å². The van der Waals surface area contributed by atoms with Crippen LogP contribution in [0.4, 0.5) is 5.69 Å². The Labute approximate surface area is 168 Å². The number of nitrogens with one attached hydrogen (secondary N) is 2. The maximum Gasteiger partial charge on any atom is 0.262 e. The predicted octanol–water partition coefficient (Wildman–Crippen LogP) is 5.80. The van der Waals surface area contributed by atoms with Crippen LogP contribution >= 0.6 is 0 Å². The quantitative estimate of drug-likeness (QED) is 0.406. The van der Waals surface area contributed by atoms with Gasteiger partial charge in [0.05, 0.1) is 11.1 Å². The van der Waals surface area contributed by atoms with Gasteiger partial charge in [-0.25, -0.2) is 0 Å². The zero-order valence-corrected chi connectivity index (χ0v) is 16.6. The number of nitrogens with zero attached hydrogens (tertiary/aromatic N) is 1. The molecule has 0 aliphatic carbocycles. The molecule has 4 heteroatoms. The summed E-state index contributed by atoms with van der Waals surface area (Å²) in [5.41, 5.74) is 9.81. The van der Waals surface area contributed by atoms with Gasteiger partial charge in [0.1, 0.15) is 6.17 Å². The molecule has 142 valence electrons. The molecule has 0 bridgehead atoms. The van der Waals surface area contributed by atoms with Gasteiger partial charge in [0, 0.05) is 33.7 Å². The Morgan fingerprint density at radius 1 is 0.966 bits per heavy atom. The highest BCUT2D eigenvalue weighted by atomic mass is 16.2. The average molecular weight is 379 g/mol. The van der Waals surface area contributed by atoms with E-state index in [0.717, 1.165) is 22.3 Å². The molecule has 1 atom stereocenters. The van der Waals surface area contributed by atoms with Crippen molar-refractivity contribution in [1.82, 2.24) is 9.88 Å². The van der Waals surface area contributed by atoms with Gasteiger partial charge in [-0.05, 0) is 61.2 Å². The molecule has 2 N–H and O–H groups in total. The van der Waals surface area contributed by atoms with Crippen LogP contribution in [0.5, 0.6) is 0 Å². The van der Waals surface area contributed by atoms with Crippen molar-refractivity contribution in [2.45, 2.75) is 26.9 Å². The SMILES string of the molecule is Cc1cccc2c1C(=O)N1C=Cc3c(c(C)c4c([nH]c5ccccc54)c3C)C1N2. The number of aromatic amines is 1. The van der Waals surface area contributed by atoms with Crippen molar-refractivity contribution in [2.75, 3.05) is 5.32 Å². The summed E-state index contributed by atoms with van der Waals surface area (Å²) in [6.07, 6.45) is 3.81. The Morgan fingerprint density at radius 2 is 1.79 bits per heavy atom. The molecule has 3 heterocycles. The normalized spacial score (nSPS) is 17.3. The van der Waals surface area contributed by atoms with Gasteiger partial charge in [-0.3, -0.25) is 9.69 Å². The second-order valence-electron chi connectivity index (χ2n) is 8.07. The smallest absolute Gasteiger partial charge is 0.262 e. The summed E-state index contributed by atoms with van der Waals surface area (Å²) in [4.78, 5) is 18.8. The maximum absolute atomic E-state index is 13.3. The fraction of sp³-hybridized carbons (Fsp3) is 0.160. The van der Waals surface area contributed by atoms with Crippen molar-refractivity contribution in [3.8, 4) is 0 Å². The molecule has 0 saturated heterocycles. The Bertz CT molecular complexity index is 1390. The van der Waals surface area contributed by atoms with Crippen molar-refractivity contribution < 1.29 is 4.79 Å². The third-order valence-electron chi connectivity index (χ3n) is 6.52. The van der Waals surface area contributed by atoms with E-state index in [1.165, 1.54) is 38.5 Å². The number of anilines is 1. The number of para-hydroxylation sites is 1. The molecule has 2 aliphatic heterocycles. The first-order valence-electron chi connectivity index (χ1n) is 9.96. The minimum absolute atomic E-state index is 0.0554. The van der Waals surface area contributed by atoms with Crippen LogP contribution in [0.25, 0.3) is 27.9 Å². The van der Waals surface area contributed by atoms with E-state index in [1.54, 1.807) is 0 Å². The van der Waals surface area contributed by atoms with Crippen molar-refractivity contribution >= 4 is 39.5 Å². The van der Waals surface area contributed by atoms with Crippen LogP contribution in [-0.4, -0.2) is 15.8 Å². The molecule has 2 aliphatic rings. The molecule has 4 aromatic rings. The van der Waals surface area contributed by atoms with Crippen LogP contribution < -0.4 is 5.32 Å². The lowest BCUT2D eigenvalue weighted by molar-refractivity contribution is 0.0768. The van der Waals surface area contributed by atoms with E-state index in [0.29, 0.717) is 0 Å². The number of benzene rings is 3. The van der Waals surface area contributed by atoms with E-state index in [4.69, 9.17) is 0 Å². The molecule has 1 amide bonds. The second kappa shape index (κ2) is 5.51. The highest BCUT2D eigenvalue weighted by Gasteiger charge is 2.37. The minimum atomic E-state index is -0.200. The fourth-order valence-electron chi connectivity index (χ4n) is 5.11. The summed E-state index contributed by atoms with van der Waals surface area (Å²) < 4.78 is 0. The number of hydrogen-bond acceptors (Lipinski definition) is 2. The number of hydrogen-bond donors (Lipinski definition) is 2. The van der Waals surface area contributed by atoms with Gasteiger partial charge < -0.3 is 10.3 Å². The van der Waals surface area contributed by atoms with Gasteiger partial charge in [0.25, 0.3) is 5.91 Å². The second-order valence-corrected chi connectivity index (χ2v) is 8.07. The van der Waals surface area contributed by atoms with Crippen LogP contribution in [0.3, 0.4) is 0 Å². The molecule has 0 fully saturated rings. The zero-order valence-electron chi connectivity index (χ0n) is 16.6. The maximum atomic E-state index is 13.3. The van der Waals surface area contributed by atoms with E-state index in [-0.39, 0.29) is 12.1 Å². The van der Waals surface area contributed by atoms with Gasteiger partial charge in [-0.2, -0.15) is 0 Å². The summed E-state index contributed by atoms with van der Waals surface area (Å²) >= 11 is 0. The summed E-state index contributed by atoms with van der Waals surface area (Å²) in [7, 11) is 0. The number of carbonyl (C=O) groups is 1. The first-order valence-corrected chi connectivity index (χ1v) is 9.96. The third-order valence-corrected chi connectivity index (χ3v) is 6.52. The first kappa shape index (κ1) is 16.4. The molecule has 1 aromatic heterocycles.